The van der Waals surface area contributed by atoms with Crippen molar-refractivity contribution in [3.63, 3.8) is 0 Å². The van der Waals surface area contributed by atoms with Gasteiger partial charge in [-0.15, -0.1) is 10.2 Å². The molecule has 0 aliphatic carbocycles. The minimum absolute atomic E-state index is 0.111. The number of likely N-dealkylation sites (tertiary alicyclic amines) is 1. The number of aryl methyl sites for hydroxylation is 1. The van der Waals surface area contributed by atoms with Crippen molar-refractivity contribution >= 4 is 28.1 Å². The first kappa shape index (κ1) is 18.8. The van der Waals surface area contributed by atoms with Crippen molar-refractivity contribution in [2.75, 3.05) is 20.1 Å². The van der Waals surface area contributed by atoms with E-state index in [-0.39, 0.29) is 24.9 Å². The van der Waals surface area contributed by atoms with Crippen molar-refractivity contribution in [1.29, 1.82) is 0 Å². The first-order chi connectivity index (χ1) is 13.5. The van der Waals surface area contributed by atoms with Crippen LogP contribution in [0.25, 0.3) is 21.6 Å². The predicted octanol–water partition coefficient (Wildman–Crippen LogP) is 2.16. The lowest BCUT2D eigenvalue weighted by Gasteiger charge is -2.34. The average molecular weight is 400 g/mol. The van der Waals surface area contributed by atoms with Gasteiger partial charge in [-0.3, -0.25) is 9.78 Å². The van der Waals surface area contributed by atoms with Crippen LogP contribution in [0.2, 0.25) is 0 Å². The normalized spacial score (nSPS) is 19.9. The molecule has 0 spiro atoms. The second-order valence-electron chi connectivity index (χ2n) is 6.91. The Morgan fingerprint density at radius 3 is 2.96 bits per heavy atom. The summed E-state index contributed by atoms with van der Waals surface area (Å²) in [6.07, 6.45) is 1.41. The van der Waals surface area contributed by atoms with Crippen LogP contribution in [0.1, 0.15) is 17.1 Å². The van der Waals surface area contributed by atoms with E-state index in [4.69, 9.17) is 0 Å². The highest BCUT2D eigenvalue weighted by Gasteiger charge is 2.30. The van der Waals surface area contributed by atoms with Crippen molar-refractivity contribution in [2.45, 2.75) is 32.0 Å². The Bertz CT molecular complexity index is 1010. The van der Waals surface area contributed by atoms with Crippen molar-refractivity contribution in [1.82, 2.24) is 30.4 Å². The number of alkyl halides is 1. The van der Waals surface area contributed by atoms with Crippen molar-refractivity contribution < 1.29 is 9.18 Å². The number of halogens is 1. The molecule has 0 radical (unpaired) electrons. The summed E-state index contributed by atoms with van der Waals surface area (Å²) in [7, 11) is 1.75. The van der Waals surface area contributed by atoms with E-state index in [1.54, 1.807) is 18.1 Å². The smallest absolute Gasteiger partial charge is 0.228 e. The molecule has 3 aromatic heterocycles. The first-order valence-electron chi connectivity index (χ1n) is 9.19. The molecule has 1 N–H and O–H groups in total. The van der Waals surface area contributed by atoms with E-state index in [1.807, 2.05) is 25.1 Å². The number of hydrogen-bond donors (Lipinski definition) is 1. The second-order valence-corrected chi connectivity index (χ2v) is 8.09. The molecule has 0 unspecified atom stereocenters. The number of fused-ring (bicyclic) bond motifs is 1. The molecule has 1 aliphatic rings. The minimum atomic E-state index is -1.05. The molecule has 146 valence electrons. The lowest BCUT2D eigenvalue weighted by molar-refractivity contribution is -0.133. The van der Waals surface area contributed by atoms with Crippen LogP contribution in [0.5, 0.6) is 0 Å². The van der Waals surface area contributed by atoms with Crippen molar-refractivity contribution in [2.24, 2.45) is 0 Å². The van der Waals surface area contributed by atoms with Crippen LogP contribution in [0.3, 0.4) is 0 Å². The fourth-order valence-corrected chi connectivity index (χ4v) is 4.06. The molecule has 1 saturated heterocycles. The van der Waals surface area contributed by atoms with Gasteiger partial charge in [0.05, 0.1) is 24.2 Å². The molecule has 4 heterocycles. The SMILES string of the molecule is CN[C@H]1CCN(C(=O)Cc2cc3nc(-c4nnc(C)s4)ccc3cn2)C[C@@H]1F. The maximum Gasteiger partial charge on any atom is 0.228 e. The van der Waals surface area contributed by atoms with Gasteiger partial charge in [-0.2, -0.15) is 0 Å². The highest BCUT2D eigenvalue weighted by atomic mass is 32.1. The summed E-state index contributed by atoms with van der Waals surface area (Å²) in [4.78, 5) is 23.2. The van der Waals surface area contributed by atoms with Crippen LogP contribution in [0.15, 0.2) is 24.4 Å². The van der Waals surface area contributed by atoms with Gasteiger partial charge in [-0.1, -0.05) is 11.3 Å². The molecule has 1 fully saturated rings. The summed E-state index contributed by atoms with van der Waals surface area (Å²) < 4.78 is 14.1. The monoisotopic (exact) mass is 400 g/mol. The lowest BCUT2D eigenvalue weighted by atomic mass is 10.0. The van der Waals surface area contributed by atoms with Crippen LogP contribution in [-0.4, -0.2) is 63.3 Å². The van der Waals surface area contributed by atoms with Gasteiger partial charge in [-0.25, -0.2) is 9.37 Å². The third-order valence-corrected chi connectivity index (χ3v) is 5.83. The van der Waals surface area contributed by atoms with Crippen LogP contribution < -0.4 is 5.32 Å². The van der Waals surface area contributed by atoms with Crippen LogP contribution in [0, 0.1) is 6.92 Å². The van der Waals surface area contributed by atoms with Gasteiger partial charge in [0, 0.05) is 24.2 Å². The Morgan fingerprint density at radius 1 is 1.39 bits per heavy atom. The summed E-state index contributed by atoms with van der Waals surface area (Å²) in [6, 6.07) is 5.46. The zero-order chi connectivity index (χ0) is 19.7. The van der Waals surface area contributed by atoms with E-state index in [0.29, 0.717) is 18.7 Å². The van der Waals surface area contributed by atoms with Gasteiger partial charge in [0.1, 0.15) is 16.9 Å². The van der Waals surface area contributed by atoms with Crippen molar-refractivity contribution in [3.05, 3.63) is 35.1 Å². The van der Waals surface area contributed by atoms with Crippen LogP contribution >= 0.6 is 11.3 Å². The van der Waals surface area contributed by atoms with Crippen LogP contribution in [0.4, 0.5) is 4.39 Å². The van der Waals surface area contributed by atoms with Gasteiger partial charge in [0.15, 0.2) is 5.01 Å². The molecule has 0 saturated carbocycles. The Balaban J connectivity index is 1.51. The molecule has 2 atom stereocenters. The van der Waals surface area contributed by atoms with Gasteiger partial charge < -0.3 is 10.2 Å². The van der Waals surface area contributed by atoms with E-state index in [1.165, 1.54) is 11.3 Å². The molecule has 3 aromatic rings. The molecular weight excluding hydrogens is 379 g/mol. The number of aromatic nitrogens is 4. The quantitative estimate of drug-likeness (QED) is 0.723. The molecule has 0 aromatic carbocycles. The molecule has 9 heteroatoms. The summed E-state index contributed by atoms with van der Waals surface area (Å²) >= 11 is 1.48. The average Bonchev–Trinajstić information content (AvgIpc) is 3.13. The number of nitrogens with one attached hydrogen (secondary N) is 1. The topological polar surface area (TPSA) is 83.9 Å². The Labute approximate surface area is 166 Å². The number of hydrogen-bond acceptors (Lipinski definition) is 7. The van der Waals surface area contributed by atoms with E-state index in [9.17, 15) is 9.18 Å². The number of nitrogens with zero attached hydrogens (tertiary/aromatic N) is 5. The molecule has 4 rings (SSSR count). The van der Waals surface area contributed by atoms with E-state index in [2.05, 4.69) is 25.5 Å². The number of carbonyl (C=O) groups excluding carboxylic acids is 1. The molecule has 0 bridgehead atoms. The Kier molecular flexibility index (Phi) is 5.27. The summed E-state index contributed by atoms with van der Waals surface area (Å²) in [5, 5.41) is 13.7. The van der Waals surface area contributed by atoms with Crippen LogP contribution in [-0.2, 0) is 11.2 Å². The summed E-state index contributed by atoms with van der Waals surface area (Å²) in [6.45, 7) is 2.57. The summed E-state index contributed by atoms with van der Waals surface area (Å²) in [5.74, 6) is -0.111. The predicted molar refractivity (Wildman–Crippen MR) is 106 cm³/mol. The highest BCUT2D eigenvalue weighted by Crippen LogP contribution is 2.24. The van der Waals surface area contributed by atoms with Gasteiger partial charge >= 0.3 is 0 Å². The molecule has 7 nitrogen and oxygen atoms in total. The Hall–Kier alpha value is -2.52. The molecule has 1 amide bonds. The molecular formula is C19H21FN6OS. The Morgan fingerprint density at radius 2 is 2.25 bits per heavy atom. The number of pyridine rings is 2. The molecule has 1 aliphatic heterocycles. The fourth-order valence-electron chi connectivity index (χ4n) is 3.40. The number of rotatable bonds is 4. The minimum Gasteiger partial charge on any atom is -0.339 e. The second kappa shape index (κ2) is 7.84. The van der Waals surface area contributed by atoms with Gasteiger partial charge in [0.25, 0.3) is 0 Å². The van der Waals surface area contributed by atoms with E-state index in [0.717, 1.165) is 26.6 Å². The van der Waals surface area contributed by atoms with Gasteiger partial charge in [0.2, 0.25) is 5.91 Å². The molecule has 28 heavy (non-hydrogen) atoms. The zero-order valence-electron chi connectivity index (χ0n) is 15.7. The largest absolute Gasteiger partial charge is 0.339 e. The van der Waals surface area contributed by atoms with Gasteiger partial charge in [-0.05, 0) is 38.6 Å². The third-order valence-electron chi connectivity index (χ3n) is 4.97. The number of piperidine rings is 1. The van der Waals surface area contributed by atoms with Crippen molar-refractivity contribution in [3.8, 4) is 10.7 Å². The first-order valence-corrected chi connectivity index (χ1v) is 10.0. The zero-order valence-corrected chi connectivity index (χ0v) is 16.5. The van der Waals surface area contributed by atoms with E-state index < -0.39 is 6.17 Å². The number of carbonyl (C=O) groups is 1. The maximum absolute atomic E-state index is 14.1. The lowest BCUT2D eigenvalue weighted by Crippen LogP contribution is -2.51. The van der Waals surface area contributed by atoms with E-state index >= 15 is 0 Å². The standard InChI is InChI=1S/C19H21FN6OS/c1-11-24-25-19(28-11)16-4-3-12-9-22-13(7-17(12)23-16)8-18(27)26-6-5-15(21-2)14(20)10-26/h3-4,7,9,14-15,21H,5-6,8,10H2,1-2H3/t14-,15-/m0/s1. The fraction of sp³-hybridized carbons (Fsp3) is 0.421. The maximum atomic E-state index is 14.1. The highest BCUT2D eigenvalue weighted by molar-refractivity contribution is 7.14. The summed E-state index contributed by atoms with van der Waals surface area (Å²) in [5.41, 5.74) is 2.12. The third kappa shape index (κ3) is 3.85. The number of amides is 1.